The van der Waals surface area contributed by atoms with Gasteiger partial charge in [0, 0.05) is 13.6 Å². The highest BCUT2D eigenvalue weighted by molar-refractivity contribution is 7.99. The maximum absolute atomic E-state index is 5.86. The lowest BCUT2D eigenvalue weighted by molar-refractivity contribution is 0.916. The zero-order valence-corrected chi connectivity index (χ0v) is 12.4. The summed E-state index contributed by atoms with van der Waals surface area (Å²) in [5, 5.41) is 1.14. The van der Waals surface area contributed by atoms with Crippen molar-refractivity contribution in [2.75, 3.05) is 23.9 Å². The molecule has 0 atom stereocenters. The summed E-state index contributed by atoms with van der Waals surface area (Å²) in [6.07, 6.45) is 2.03. The molecule has 0 amide bonds. The number of nitrogens with two attached hydrogens (primary N) is 1. The third kappa shape index (κ3) is 2.62. The van der Waals surface area contributed by atoms with Crippen molar-refractivity contribution in [3.05, 3.63) is 35.4 Å². The second kappa shape index (κ2) is 5.63. The van der Waals surface area contributed by atoms with Gasteiger partial charge in [-0.25, -0.2) is 0 Å². The van der Waals surface area contributed by atoms with E-state index < -0.39 is 0 Å². The van der Waals surface area contributed by atoms with Gasteiger partial charge in [0.1, 0.15) is 5.00 Å². The largest absolute Gasteiger partial charge is 0.382 e. The van der Waals surface area contributed by atoms with Crippen molar-refractivity contribution in [2.24, 2.45) is 0 Å². The molecular weight excluding hydrogens is 262 g/mol. The van der Waals surface area contributed by atoms with Crippen LogP contribution in [-0.2, 0) is 6.54 Å². The van der Waals surface area contributed by atoms with Gasteiger partial charge in [0.2, 0.25) is 0 Å². The first-order valence-electron chi connectivity index (χ1n) is 5.68. The Balaban J connectivity index is 2.22. The molecule has 0 spiro atoms. The Morgan fingerprint density at radius 2 is 2.11 bits per heavy atom. The van der Waals surface area contributed by atoms with Gasteiger partial charge < -0.3 is 10.6 Å². The van der Waals surface area contributed by atoms with Crippen LogP contribution in [0.25, 0.3) is 0 Å². The lowest BCUT2D eigenvalue weighted by Crippen LogP contribution is -2.16. The van der Waals surface area contributed by atoms with Crippen LogP contribution in [0, 0.1) is 6.92 Å². The molecule has 2 N–H and O–H groups in total. The second-order valence-corrected chi connectivity index (χ2v) is 5.76. The number of nitrogen functional groups attached to an aromatic ring is 1. The third-order valence-corrected chi connectivity index (χ3v) is 4.79. The van der Waals surface area contributed by atoms with E-state index in [2.05, 4.69) is 47.5 Å². The smallest absolute Gasteiger partial charge is 0.153 e. The molecule has 2 aromatic rings. The molecule has 0 aliphatic carbocycles. The number of nitrogens with zero attached hydrogens (tertiary/aromatic N) is 2. The van der Waals surface area contributed by atoms with E-state index in [9.17, 15) is 0 Å². The van der Waals surface area contributed by atoms with E-state index in [4.69, 9.17) is 5.73 Å². The number of rotatable bonds is 4. The van der Waals surface area contributed by atoms with Crippen LogP contribution in [0.4, 0.5) is 10.8 Å². The van der Waals surface area contributed by atoms with Crippen molar-refractivity contribution in [3.8, 4) is 0 Å². The summed E-state index contributed by atoms with van der Waals surface area (Å²) in [6.45, 7) is 3.02. The first kappa shape index (κ1) is 13.2. The van der Waals surface area contributed by atoms with Crippen LogP contribution in [0.1, 0.15) is 11.1 Å². The topological polar surface area (TPSA) is 42.1 Å². The summed E-state index contributed by atoms with van der Waals surface area (Å²) < 4.78 is 4.23. The highest BCUT2D eigenvalue weighted by Gasteiger charge is 2.15. The molecule has 0 fully saturated rings. The predicted octanol–water partition coefficient (Wildman–Crippen LogP) is 3.39. The molecule has 5 heteroatoms. The molecule has 1 aromatic carbocycles. The number of aromatic nitrogens is 1. The van der Waals surface area contributed by atoms with Crippen molar-refractivity contribution in [2.45, 2.75) is 18.4 Å². The van der Waals surface area contributed by atoms with Gasteiger partial charge >= 0.3 is 0 Å². The van der Waals surface area contributed by atoms with Crippen molar-refractivity contribution >= 4 is 34.1 Å². The van der Waals surface area contributed by atoms with Gasteiger partial charge in [0.25, 0.3) is 0 Å². The van der Waals surface area contributed by atoms with Gasteiger partial charge in [-0.15, -0.1) is 11.8 Å². The van der Waals surface area contributed by atoms with E-state index in [0.717, 1.165) is 16.4 Å². The molecule has 0 unspecified atom stereocenters. The molecule has 0 saturated carbocycles. The molecule has 96 valence electrons. The van der Waals surface area contributed by atoms with Crippen LogP contribution < -0.4 is 10.6 Å². The fraction of sp³-hybridized carbons (Fsp3) is 0.308. The number of hydrogen-bond donors (Lipinski definition) is 1. The summed E-state index contributed by atoms with van der Waals surface area (Å²) in [4.78, 5) is 3.29. The fourth-order valence-corrected chi connectivity index (χ4v) is 3.51. The van der Waals surface area contributed by atoms with Crippen LogP contribution >= 0.6 is 23.3 Å². The van der Waals surface area contributed by atoms with Gasteiger partial charge in [-0.2, -0.15) is 4.37 Å². The predicted molar refractivity (Wildman–Crippen MR) is 81.6 cm³/mol. The highest BCUT2D eigenvalue weighted by Crippen LogP contribution is 2.37. The van der Waals surface area contributed by atoms with Crippen molar-refractivity contribution in [3.63, 3.8) is 0 Å². The normalized spacial score (nSPS) is 10.6. The summed E-state index contributed by atoms with van der Waals surface area (Å²) in [7, 11) is 2.08. The first-order chi connectivity index (χ1) is 8.63. The molecule has 3 nitrogen and oxygen atoms in total. The number of aryl methyl sites for hydroxylation is 1. The van der Waals surface area contributed by atoms with E-state index in [0.29, 0.717) is 5.82 Å². The summed E-state index contributed by atoms with van der Waals surface area (Å²) in [5.41, 5.74) is 8.51. The van der Waals surface area contributed by atoms with E-state index in [1.54, 1.807) is 11.8 Å². The van der Waals surface area contributed by atoms with E-state index in [1.165, 1.54) is 22.7 Å². The minimum atomic E-state index is 0.638. The molecule has 2 rings (SSSR count). The van der Waals surface area contributed by atoms with Crippen LogP contribution in [0.5, 0.6) is 0 Å². The van der Waals surface area contributed by atoms with Crippen LogP contribution in [0.15, 0.2) is 29.2 Å². The van der Waals surface area contributed by atoms with Crippen molar-refractivity contribution in [1.29, 1.82) is 0 Å². The molecule has 1 aromatic heterocycles. The molecule has 1 heterocycles. The van der Waals surface area contributed by atoms with Gasteiger partial charge in [0.15, 0.2) is 5.82 Å². The Morgan fingerprint density at radius 1 is 1.39 bits per heavy atom. The summed E-state index contributed by atoms with van der Waals surface area (Å²) in [5.74, 6) is 0.638. The minimum Gasteiger partial charge on any atom is -0.382 e. The highest BCUT2D eigenvalue weighted by atomic mass is 32.2. The third-order valence-electron chi connectivity index (χ3n) is 2.88. The van der Waals surface area contributed by atoms with Gasteiger partial charge in [0.05, 0.1) is 4.90 Å². The molecule has 0 aliphatic heterocycles. The summed E-state index contributed by atoms with van der Waals surface area (Å²) >= 11 is 3.12. The van der Waals surface area contributed by atoms with Crippen LogP contribution in [-0.4, -0.2) is 17.7 Å². The Morgan fingerprint density at radius 3 is 2.78 bits per heavy atom. The van der Waals surface area contributed by atoms with Gasteiger partial charge in [-0.05, 0) is 35.8 Å². The quantitative estimate of drug-likeness (QED) is 0.871. The average molecular weight is 279 g/mol. The Kier molecular flexibility index (Phi) is 4.14. The first-order valence-corrected chi connectivity index (χ1v) is 7.68. The van der Waals surface area contributed by atoms with Crippen LogP contribution in [0.2, 0.25) is 0 Å². The molecule has 18 heavy (non-hydrogen) atoms. The SMILES string of the molecule is CSc1c(N)nsc1N(C)Cc1ccccc1C. The van der Waals surface area contributed by atoms with Gasteiger partial charge in [-0.3, -0.25) is 0 Å². The number of anilines is 2. The molecular formula is C13H17N3S2. The van der Waals surface area contributed by atoms with Gasteiger partial charge in [-0.1, -0.05) is 24.3 Å². The number of benzene rings is 1. The maximum Gasteiger partial charge on any atom is 0.153 e. The molecule has 0 aliphatic rings. The number of thioether (sulfide) groups is 1. The van der Waals surface area contributed by atoms with E-state index in [-0.39, 0.29) is 0 Å². The second-order valence-electron chi connectivity index (χ2n) is 4.19. The molecule has 0 radical (unpaired) electrons. The lowest BCUT2D eigenvalue weighted by Gasteiger charge is -2.19. The monoisotopic (exact) mass is 279 g/mol. The molecule has 0 saturated heterocycles. The van der Waals surface area contributed by atoms with E-state index in [1.807, 2.05) is 6.26 Å². The summed E-state index contributed by atoms with van der Waals surface area (Å²) in [6, 6.07) is 8.44. The number of hydrogen-bond acceptors (Lipinski definition) is 5. The average Bonchev–Trinajstić information content (AvgIpc) is 2.73. The standard InChI is InChI=1S/C13H17N3S2/c1-9-6-4-5-7-10(9)8-16(2)13-11(17-3)12(14)15-18-13/h4-7H,8H2,1-3H3,(H2,14,15). The lowest BCUT2D eigenvalue weighted by atomic mass is 10.1. The maximum atomic E-state index is 5.86. The van der Waals surface area contributed by atoms with Crippen molar-refractivity contribution in [1.82, 2.24) is 4.37 Å². The molecule has 0 bridgehead atoms. The van der Waals surface area contributed by atoms with Crippen molar-refractivity contribution < 1.29 is 0 Å². The zero-order chi connectivity index (χ0) is 13.1. The Bertz CT molecular complexity index is 537. The Hall–Kier alpha value is -1.20. The minimum absolute atomic E-state index is 0.638. The van der Waals surface area contributed by atoms with Crippen LogP contribution in [0.3, 0.4) is 0 Å². The Labute approximate surface area is 116 Å². The van der Waals surface area contributed by atoms with E-state index >= 15 is 0 Å². The zero-order valence-electron chi connectivity index (χ0n) is 10.8. The fourth-order valence-electron chi connectivity index (χ4n) is 1.83.